The number of benzene rings is 2. The van der Waals surface area contributed by atoms with Crippen molar-refractivity contribution in [2.24, 2.45) is 0 Å². The van der Waals surface area contributed by atoms with Gasteiger partial charge in [0.05, 0.1) is 16.8 Å². The SMILES string of the molecule is O=C(COC(=O)c1cc(-c2cccnc2)nc2ccccc12)NCc1ccccc1. The Bertz CT molecular complexity index is 1180. The first-order valence-corrected chi connectivity index (χ1v) is 9.48. The van der Waals surface area contributed by atoms with E-state index in [1.54, 1.807) is 30.6 Å². The Hall–Kier alpha value is -4.06. The molecule has 4 aromatic rings. The molecule has 0 radical (unpaired) electrons. The Balaban J connectivity index is 1.50. The molecule has 0 saturated carbocycles. The molecule has 0 aliphatic carbocycles. The molecule has 30 heavy (non-hydrogen) atoms. The zero-order chi connectivity index (χ0) is 20.8. The highest BCUT2D eigenvalue weighted by Crippen LogP contribution is 2.25. The number of hydrogen-bond donors (Lipinski definition) is 1. The summed E-state index contributed by atoms with van der Waals surface area (Å²) in [5.41, 5.74) is 3.40. The summed E-state index contributed by atoms with van der Waals surface area (Å²) < 4.78 is 5.28. The Morgan fingerprint density at radius 2 is 1.73 bits per heavy atom. The van der Waals surface area contributed by atoms with Gasteiger partial charge in [-0.1, -0.05) is 48.5 Å². The quantitative estimate of drug-likeness (QED) is 0.501. The highest BCUT2D eigenvalue weighted by Gasteiger charge is 2.16. The van der Waals surface area contributed by atoms with Crippen LogP contribution in [0.25, 0.3) is 22.2 Å². The van der Waals surface area contributed by atoms with Crippen LogP contribution < -0.4 is 5.32 Å². The molecule has 2 aromatic carbocycles. The number of carbonyl (C=O) groups is 2. The van der Waals surface area contributed by atoms with Gasteiger partial charge in [0.2, 0.25) is 0 Å². The number of amides is 1. The highest BCUT2D eigenvalue weighted by atomic mass is 16.5. The van der Waals surface area contributed by atoms with Gasteiger partial charge in [0, 0.05) is 29.9 Å². The number of esters is 1. The molecule has 0 fully saturated rings. The van der Waals surface area contributed by atoms with Crippen molar-refractivity contribution in [1.29, 1.82) is 0 Å². The van der Waals surface area contributed by atoms with Gasteiger partial charge >= 0.3 is 5.97 Å². The van der Waals surface area contributed by atoms with E-state index in [0.717, 1.165) is 11.1 Å². The van der Waals surface area contributed by atoms with Crippen LogP contribution in [-0.4, -0.2) is 28.5 Å². The van der Waals surface area contributed by atoms with Gasteiger partial charge in [-0.15, -0.1) is 0 Å². The van der Waals surface area contributed by atoms with Crippen LogP contribution in [0, 0.1) is 0 Å². The lowest BCUT2D eigenvalue weighted by molar-refractivity contribution is -0.124. The van der Waals surface area contributed by atoms with Gasteiger partial charge in [0.15, 0.2) is 6.61 Å². The second kappa shape index (κ2) is 8.96. The molecule has 0 aliphatic rings. The fourth-order valence-corrected chi connectivity index (χ4v) is 3.06. The molecule has 2 heterocycles. The van der Waals surface area contributed by atoms with E-state index in [1.807, 2.05) is 54.6 Å². The van der Waals surface area contributed by atoms with Crippen LogP contribution in [0.2, 0.25) is 0 Å². The van der Waals surface area contributed by atoms with Crippen molar-refractivity contribution < 1.29 is 14.3 Å². The number of nitrogens with one attached hydrogen (secondary N) is 1. The van der Waals surface area contributed by atoms with E-state index in [4.69, 9.17) is 4.74 Å². The average Bonchev–Trinajstić information content (AvgIpc) is 2.81. The highest BCUT2D eigenvalue weighted by molar-refractivity contribution is 6.05. The molecule has 0 saturated heterocycles. The Morgan fingerprint density at radius 1 is 0.933 bits per heavy atom. The van der Waals surface area contributed by atoms with E-state index in [-0.39, 0.29) is 12.5 Å². The molecule has 0 spiro atoms. The molecule has 0 aliphatic heterocycles. The van der Waals surface area contributed by atoms with Crippen LogP contribution in [0.1, 0.15) is 15.9 Å². The minimum atomic E-state index is -0.575. The van der Waals surface area contributed by atoms with Crippen molar-refractivity contribution in [2.75, 3.05) is 6.61 Å². The zero-order valence-corrected chi connectivity index (χ0v) is 16.1. The summed E-state index contributed by atoms with van der Waals surface area (Å²) in [5.74, 6) is -0.938. The van der Waals surface area contributed by atoms with Gasteiger partial charge in [0.25, 0.3) is 5.91 Å². The zero-order valence-electron chi connectivity index (χ0n) is 16.1. The van der Waals surface area contributed by atoms with Crippen LogP contribution >= 0.6 is 0 Å². The fraction of sp³-hybridized carbons (Fsp3) is 0.0833. The molecule has 0 bridgehead atoms. The van der Waals surface area contributed by atoms with E-state index in [0.29, 0.717) is 28.7 Å². The smallest absolute Gasteiger partial charge is 0.339 e. The molecule has 1 N–H and O–H groups in total. The first kappa shape index (κ1) is 19.3. The molecular weight excluding hydrogens is 378 g/mol. The summed E-state index contributed by atoms with van der Waals surface area (Å²) in [7, 11) is 0. The van der Waals surface area contributed by atoms with Crippen molar-refractivity contribution in [3.8, 4) is 11.3 Å². The summed E-state index contributed by atoms with van der Waals surface area (Å²) in [5, 5.41) is 3.41. The van der Waals surface area contributed by atoms with Crippen LogP contribution in [0.5, 0.6) is 0 Å². The van der Waals surface area contributed by atoms with Crippen molar-refractivity contribution in [3.63, 3.8) is 0 Å². The molecule has 148 valence electrons. The number of para-hydroxylation sites is 1. The first-order chi connectivity index (χ1) is 14.7. The van der Waals surface area contributed by atoms with E-state index < -0.39 is 5.97 Å². The lowest BCUT2D eigenvalue weighted by Gasteiger charge is -2.10. The Morgan fingerprint density at radius 3 is 2.53 bits per heavy atom. The molecule has 4 rings (SSSR count). The van der Waals surface area contributed by atoms with Crippen molar-refractivity contribution >= 4 is 22.8 Å². The number of aromatic nitrogens is 2. The maximum atomic E-state index is 12.8. The van der Waals surface area contributed by atoms with Gasteiger partial charge in [-0.3, -0.25) is 9.78 Å². The monoisotopic (exact) mass is 397 g/mol. The third-order valence-electron chi connectivity index (χ3n) is 4.56. The largest absolute Gasteiger partial charge is 0.452 e. The second-order valence-corrected chi connectivity index (χ2v) is 6.65. The van der Waals surface area contributed by atoms with E-state index in [2.05, 4.69) is 15.3 Å². The minimum Gasteiger partial charge on any atom is -0.452 e. The minimum absolute atomic E-state index is 0.357. The third kappa shape index (κ3) is 4.50. The summed E-state index contributed by atoms with van der Waals surface area (Å²) in [6, 6.07) is 22.2. The van der Waals surface area contributed by atoms with E-state index in [9.17, 15) is 9.59 Å². The van der Waals surface area contributed by atoms with Gasteiger partial charge in [0.1, 0.15) is 0 Å². The maximum Gasteiger partial charge on any atom is 0.339 e. The number of pyridine rings is 2. The third-order valence-corrected chi connectivity index (χ3v) is 4.56. The molecule has 2 aromatic heterocycles. The van der Waals surface area contributed by atoms with Crippen molar-refractivity contribution in [3.05, 3.63) is 96.3 Å². The molecule has 1 amide bonds. The average molecular weight is 397 g/mol. The van der Waals surface area contributed by atoms with E-state index in [1.165, 1.54) is 0 Å². The first-order valence-electron chi connectivity index (χ1n) is 9.48. The Kier molecular flexibility index (Phi) is 5.75. The molecule has 0 unspecified atom stereocenters. The van der Waals surface area contributed by atoms with Crippen molar-refractivity contribution in [2.45, 2.75) is 6.54 Å². The Labute approximate surface area is 173 Å². The normalized spacial score (nSPS) is 10.5. The summed E-state index contributed by atoms with van der Waals surface area (Å²) >= 11 is 0. The number of hydrogen-bond acceptors (Lipinski definition) is 5. The molecule has 6 heteroatoms. The maximum absolute atomic E-state index is 12.8. The van der Waals surface area contributed by atoms with Crippen molar-refractivity contribution in [1.82, 2.24) is 15.3 Å². The van der Waals surface area contributed by atoms with Crippen LogP contribution in [0.15, 0.2) is 85.2 Å². The predicted octanol–water partition coefficient (Wildman–Crippen LogP) is 3.77. The number of fused-ring (bicyclic) bond motifs is 1. The predicted molar refractivity (Wildman–Crippen MR) is 114 cm³/mol. The number of carbonyl (C=O) groups excluding carboxylic acids is 2. The topological polar surface area (TPSA) is 81.2 Å². The van der Waals surface area contributed by atoms with Gasteiger partial charge in [-0.2, -0.15) is 0 Å². The second-order valence-electron chi connectivity index (χ2n) is 6.65. The number of nitrogens with zero attached hydrogens (tertiary/aromatic N) is 2. The van der Waals surface area contributed by atoms with Crippen LogP contribution in [0.3, 0.4) is 0 Å². The molecule has 6 nitrogen and oxygen atoms in total. The van der Waals surface area contributed by atoms with Crippen LogP contribution in [0.4, 0.5) is 0 Å². The number of rotatable bonds is 6. The van der Waals surface area contributed by atoms with Gasteiger partial charge in [-0.05, 0) is 29.8 Å². The molecular formula is C24H19N3O3. The summed E-state index contributed by atoms with van der Waals surface area (Å²) in [4.78, 5) is 33.6. The summed E-state index contributed by atoms with van der Waals surface area (Å²) in [6.07, 6.45) is 3.36. The van der Waals surface area contributed by atoms with Gasteiger partial charge in [-0.25, -0.2) is 9.78 Å². The fourth-order valence-electron chi connectivity index (χ4n) is 3.06. The standard InChI is InChI=1S/C24H19N3O3/c28-23(26-14-17-7-2-1-3-8-17)16-30-24(29)20-13-22(18-9-6-12-25-15-18)27-21-11-5-4-10-19(20)21/h1-13,15H,14,16H2,(H,26,28). The lowest BCUT2D eigenvalue weighted by atomic mass is 10.1. The number of ether oxygens (including phenoxy) is 1. The van der Waals surface area contributed by atoms with E-state index >= 15 is 0 Å². The molecule has 0 atom stereocenters. The van der Waals surface area contributed by atoms with Crippen LogP contribution in [-0.2, 0) is 16.1 Å². The van der Waals surface area contributed by atoms with Gasteiger partial charge < -0.3 is 10.1 Å². The summed E-state index contributed by atoms with van der Waals surface area (Å²) in [6.45, 7) is 0.0190. The lowest BCUT2D eigenvalue weighted by Crippen LogP contribution is -2.28.